The topological polar surface area (TPSA) is 150 Å². The van der Waals surface area contributed by atoms with E-state index in [1.807, 2.05) is 0 Å². The van der Waals surface area contributed by atoms with Crippen molar-refractivity contribution in [3.63, 3.8) is 0 Å². The maximum Gasteiger partial charge on any atom is 0.354 e. The number of carbonyl (C=O) groups is 1. The number of aromatic nitrogens is 3. The summed E-state index contributed by atoms with van der Waals surface area (Å²) in [6, 6.07) is 0. The molecule has 0 aromatic carbocycles. The predicted molar refractivity (Wildman–Crippen MR) is 58.6 cm³/mol. The summed E-state index contributed by atoms with van der Waals surface area (Å²) < 4.78 is 10.6. The van der Waals surface area contributed by atoms with E-state index in [9.17, 15) is 19.8 Å². The molecule has 4 N–H and O–H groups in total. The SMILES string of the molecule is Nc1ncn([C@@H]2O[C@H](COC=O)[C@@H](O)[C@H]2O)c(=O)n1. The first-order valence-electron chi connectivity index (χ1n) is 5.32. The van der Waals surface area contributed by atoms with Gasteiger partial charge in [0.25, 0.3) is 6.47 Å². The van der Waals surface area contributed by atoms with Crippen molar-refractivity contribution in [2.45, 2.75) is 24.5 Å². The number of hydrogen-bond donors (Lipinski definition) is 3. The van der Waals surface area contributed by atoms with E-state index in [-0.39, 0.29) is 19.0 Å². The number of carbonyl (C=O) groups excluding carboxylic acids is 1. The highest BCUT2D eigenvalue weighted by molar-refractivity contribution is 5.37. The Kier molecular flexibility index (Phi) is 3.74. The fraction of sp³-hybridized carbons (Fsp3) is 0.556. The number of nitrogens with two attached hydrogens (primary N) is 1. The largest absolute Gasteiger partial charge is 0.465 e. The van der Waals surface area contributed by atoms with E-state index in [0.29, 0.717) is 0 Å². The molecule has 1 saturated heterocycles. The highest BCUT2D eigenvalue weighted by Crippen LogP contribution is 2.28. The maximum atomic E-state index is 11.6. The van der Waals surface area contributed by atoms with Gasteiger partial charge >= 0.3 is 5.69 Å². The molecular formula is C9H12N4O6. The molecule has 1 aromatic heterocycles. The van der Waals surface area contributed by atoms with Gasteiger partial charge in [0.1, 0.15) is 31.2 Å². The number of aliphatic hydroxyl groups excluding tert-OH is 2. The fourth-order valence-corrected chi connectivity index (χ4v) is 1.76. The summed E-state index contributed by atoms with van der Waals surface area (Å²) >= 11 is 0. The lowest BCUT2D eigenvalue weighted by molar-refractivity contribution is -0.135. The Morgan fingerprint density at radius 1 is 1.53 bits per heavy atom. The van der Waals surface area contributed by atoms with Crippen LogP contribution in [-0.2, 0) is 14.3 Å². The van der Waals surface area contributed by atoms with Crippen molar-refractivity contribution in [1.29, 1.82) is 0 Å². The molecule has 1 aromatic rings. The minimum Gasteiger partial charge on any atom is -0.465 e. The first-order chi connectivity index (χ1) is 9.04. The molecule has 0 radical (unpaired) electrons. The summed E-state index contributed by atoms with van der Waals surface area (Å²) in [4.78, 5) is 28.6. The van der Waals surface area contributed by atoms with Crippen LogP contribution in [-0.4, -0.2) is 56.1 Å². The molecule has 2 heterocycles. The molecular weight excluding hydrogens is 260 g/mol. The van der Waals surface area contributed by atoms with Crippen LogP contribution in [0.5, 0.6) is 0 Å². The summed E-state index contributed by atoms with van der Waals surface area (Å²) in [7, 11) is 0. The third-order valence-electron chi connectivity index (χ3n) is 2.69. The standard InChI is InChI=1S/C9H12N4O6/c10-8-11-2-13(9(17)12-8)7-6(16)5(15)4(19-7)1-18-3-14/h2-7,15-16H,1H2,(H2,10,12,17)/t4-,5-,6-,7-/m1/s1. The van der Waals surface area contributed by atoms with Gasteiger partial charge in [-0.3, -0.25) is 9.36 Å². The Bertz CT molecular complexity index is 520. The molecule has 10 heteroatoms. The van der Waals surface area contributed by atoms with Crippen LogP contribution < -0.4 is 11.4 Å². The zero-order valence-electron chi connectivity index (χ0n) is 9.62. The second-order valence-electron chi connectivity index (χ2n) is 3.88. The summed E-state index contributed by atoms with van der Waals surface area (Å²) in [6.45, 7) is -0.0584. The number of aliphatic hydroxyl groups is 2. The van der Waals surface area contributed by atoms with Gasteiger partial charge in [0.2, 0.25) is 5.95 Å². The van der Waals surface area contributed by atoms with Crippen LogP contribution in [0.2, 0.25) is 0 Å². The number of rotatable bonds is 4. The van der Waals surface area contributed by atoms with Crippen LogP contribution in [0.3, 0.4) is 0 Å². The maximum absolute atomic E-state index is 11.6. The molecule has 19 heavy (non-hydrogen) atoms. The van der Waals surface area contributed by atoms with E-state index in [2.05, 4.69) is 14.7 Å². The molecule has 1 aliphatic rings. The molecule has 1 fully saturated rings. The van der Waals surface area contributed by atoms with Crippen molar-refractivity contribution in [3.8, 4) is 0 Å². The smallest absolute Gasteiger partial charge is 0.354 e. The van der Waals surface area contributed by atoms with Gasteiger partial charge in [-0.25, -0.2) is 9.78 Å². The highest BCUT2D eigenvalue weighted by Gasteiger charge is 2.44. The lowest BCUT2D eigenvalue weighted by Crippen LogP contribution is -2.36. The van der Waals surface area contributed by atoms with Crippen LogP contribution in [0.1, 0.15) is 6.23 Å². The molecule has 0 bridgehead atoms. The van der Waals surface area contributed by atoms with E-state index in [0.717, 1.165) is 10.9 Å². The van der Waals surface area contributed by atoms with Crippen molar-refractivity contribution < 1.29 is 24.5 Å². The van der Waals surface area contributed by atoms with Gasteiger partial charge in [-0.05, 0) is 0 Å². The van der Waals surface area contributed by atoms with Crippen LogP contribution in [0.15, 0.2) is 11.1 Å². The summed E-state index contributed by atoms with van der Waals surface area (Å²) in [5.74, 6) is -0.213. The van der Waals surface area contributed by atoms with E-state index in [4.69, 9.17) is 10.5 Å². The second kappa shape index (κ2) is 5.30. The predicted octanol–water partition coefficient (Wildman–Crippen LogP) is -2.99. The molecule has 0 unspecified atom stereocenters. The average molecular weight is 272 g/mol. The summed E-state index contributed by atoms with van der Waals surface area (Å²) in [5, 5.41) is 19.5. The third-order valence-corrected chi connectivity index (χ3v) is 2.69. The van der Waals surface area contributed by atoms with Crippen molar-refractivity contribution in [2.75, 3.05) is 12.3 Å². The van der Waals surface area contributed by atoms with Crippen LogP contribution in [0.4, 0.5) is 5.95 Å². The molecule has 0 amide bonds. The first kappa shape index (κ1) is 13.4. The summed E-state index contributed by atoms with van der Waals surface area (Å²) in [5.41, 5.74) is 4.46. The van der Waals surface area contributed by atoms with Crippen molar-refractivity contribution in [1.82, 2.24) is 14.5 Å². The minimum absolute atomic E-state index is 0.189. The fourth-order valence-electron chi connectivity index (χ4n) is 1.76. The van der Waals surface area contributed by atoms with E-state index in [1.165, 1.54) is 0 Å². The Morgan fingerprint density at radius 2 is 2.26 bits per heavy atom. The molecule has 0 saturated carbocycles. The van der Waals surface area contributed by atoms with Crippen LogP contribution >= 0.6 is 0 Å². The molecule has 10 nitrogen and oxygen atoms in total. The molecule has 0 spiro atoms. The third kappa shape index (κ3) is 2.54. The van der Waals surface area contributed by atoms with Gasteiger partial charge in [0.15, 0.2) is 6.23 Å². The number of hydrogen-bond acceptors (Lipinski definition) is 9. The number of ether oxygens (including phenoxy) is 2. The van der Waals surface area contributed by atoms with E-state index >= 15 is 0 Å². The van der Waals surface area contributed by atoms with Gasteiger partial charge in [-0.1, -0.05) is 0 Å². The average Bonchev–Trinajstić information content (AvgIpc) is 2.64. The Balaban J connectivity index is 2.21. The van der Waals surface area contributed by atoms with E-state index < -0.39 is 30.2 Å². The van der Waals surface area contributed by atoms with Crippen molar-refractivity contribution in [2.24, 2.45) is 0 Å². The molecule has 2 rings (SSSR count). The monoisotopic (exact) mass is 272 g/mol. The number of nitrogens with zero attached hydrogens (tertiary/aromatic N) is 3. The van der Waals surface area contributed by atoms with Crippen molar-refractivity contribution in [3.05, 3.63) is 16.8 Å². The molecule has 0 aliphatic carbocycles. The lowest BCUT2D eigenvalue weighted by Gasteiger charge is -2.16. The van der Waals surface area contributed by atoms with Gasteiger partial charge in [0, 0.05) is 0 Å². The Hall–Kier alpha value is -2.04. The first-order valence-corrected chi connectivity index (χ1v) is 5.32. The second-order valence-corrected chi connectivity index (χ2v) is 3.88. The zero-order chi connectivity index (χ0) is 14.0. The molecule has 1 aliphatic heterocycles. The quantitative estimate of drug-likeness (QED) is 0.487. The highest BCUT2D eigenvalue weighted by atomic mass is 16.6. The minimum atomic E-state index is -1.38. The van der Waals surface area contributed by atoms with E-state index in [1.54, 1.807) is 0 Å². The lowest BCUT2D eigenvalue weighted by atomic mass is 10.1. The van der Waals surface area contributed by atoms with Crippen LogP contribution in [0, 0.1) is 0 Å². The van der Waals surface area contributed by atoms with Gasteiger partial charge < -0.3 is 25.4 Å². The number of nitrogen functional groups attached to an aromatic ring is 1. The Morgan fingerprint density at radius 3 is 2.89 bits per heavy atom. The summed E-state index contributed by atoms with van der Waals surface area (Å²) in [6.07, 6.45) is -3.77. The van der Waals surface area contributed by atoms with Gasteiger partial charge in [0.05, 0.1) is 0 Å². The van der Waals surface area contributed by atoms with Crippen molar-refractivity contribution >= 4 is 12.4 Å². The van der Waals surface area contributed by atoms with Crippen LogP contribution in [0.25, 0.3) is 0 Å². The Labute approximate surface area is 106 Å². The molecule has 4 atom stereocenters. The zero-order valence-corrected chi connectivity index (χ0v) is 9.62. The normalized spacial score (nSPS) is 30.2. The molecule has 104 valence electrons. The van der Waals surface area contributed by atoms with Gasteiger partial charge in [-0.2, -0.15) is 4.98 Å². The number of anilines is 1. The van der Waals surface area contributed by atoms with Gasteiger partial charge in [-0.15, -0.1) is 0 Å².